The first-order valence-corrected chi connectivity index (χ1v) is 16.7. The number of benzene rings is 2. The summed E-state index contributed by atoms with van der Waals surface area (Å²) in [7, 11) is 0. The second-order valence-electron chi connectivity index (χ2n) is 14.1. The van der Waals surface area contributed by atoms with Crippen LogP contribution in [0.4, 0.5) is 0 Å². The second kappa shape index (κ2) is 15.0. The fourth-order valence-corrected chi connectivity index (χ4v) is 6.16. The number of thiophene rings is 1. The molecular formula is C38H43N3O6S. The van der Waals surface area contributed by atoms with Crippen LogP contribution in [0.1, 0.15) is 86.5 Å². The topological polar surface area (TPSA) is 147 Å². The van der Waals surface area contributed by atoms with Crippen molar-refractivity contribution in [1.82, 2.24) is 15.3 Å². The van der Waals surface area contributed by atoms with Crippen LogP contribution in [0.2, 0.25) is 0 Å². The zero-order chi connectivity index (χ0) is 35.2. The maximum Gasteiger partial charge on any atom is 0.326 e. The van der Waals surface area contributed by atoms with E-state index >= 15 is 0 Å². The molecule has 0 bridgehead atoms. The Hall–Kier alpha value is -4.70. The molecule has 0 saturated carbocycles. The minimum Gasteiger partial charge on any atom is -0.481 e. The summed E-state index contributed by atoms with van der Waals surface area (Å²) in [6, 6.07) is 18.0. The van der Waals surface area contributed by atoms with Gasteiger partial charge in [-0.3, -0.25) is 14.4 Å². The van der Waals surface area contributed by atoms with E-state index in [2.05, 4.69) is 81.1 Å². The van der Waals surface area contributed by atoms with E-state index in [1.165, 1.54) is 16.9 Å². The Balaban J connectivity index is 1.51. The average molecular weight is 670 g/mol. The second-order valence-corrected chi connectivity index (χ2v) is 15.2. The monoisotopic (exact) mass is 669 g/mol. The van der Waals surface area contributed by atoms with Crippen LogP contribution in [-0.2, 0) is 31.6 Å². The van der Waals surface area contributed by atoms with Gasteiger partial charge in [-0.05, 0) is 52.5 Å². The average Bonchev–Trinajstić information content (AvgIpc) is 3.54. The van der Waals surface area contributed by atoms with Crippen molar-refractivity contribution in [2.45, 2.75) is 84.1 Å². The number of amides is 1. The summed E-state index contributed by atoms with van der Waals surface area (Å²) in [6.07, 6.45) is 2.92. The van der Waals surface area contributed by atoms with E-state index < -0.39 is 36.2 Å². The lowest BCUT2D eigenvalue weighted by Gasteiger charge is -2.20. The lowest BCUT2D eigenvalue weighted by molar-refractivity contribution is -0.143. The first kappa shape index (κ1) is 36.1. The molecule has 48 heavy (non-hydrogen) atoms. The number of carboxylic acid groups (broad SMARTS) is 2. The molecule has 2 aromatic heterocycles. The molecule has 0 radical (unpaired) electrons. The Morgan fingerprint density at radius 2 is 1.38 bits per heavy atom. The number of hydrogen-bond donors (Lipinski definition) is 3. The van der Waals surface area contributed by atoms with Gasteiger partial charge >= 0.3 is 11.9 Å². The van der Waals surface area contributed by atoms with Crippen LogP contribution >= 0.6 is 11.3 Å². The molecule has 0 spiro atoms. The molecule has 0 aliphatic carbocycles. The lowest BCUT2D eigenvalue weighted by atomic mass is 9.86. The summed E-state index contributed by atoms with van der Waals surface area (Å²) in [5, 5.41) is 21.1. The number of Topliss-reactive ketones (excluding diaryl/α,β-unsaturated/α-hetero) is 1. The van der Waals surface area contributed by atoms with Crippen molar-refractivity contribution < 1.29 is 29.4 Å². The molecule has 2 aromatic carbocycles. The Morgan fingerprint density at radius 3 is 1.90 bits per heavy atom. The number of nitrogens with zero attached hydrogens (tertiary/aromatic N) is 2. The van der Waals surface area contributed by atoms with Gasteiger partial charge in [0.05, 0.1) is 4.88 Å². The molecular weight excluding hydrogens is 627 g/mol. The van der Waals surface area contributed by atoms with Gasteiger partial charge in [0.2, 0.25) is 5.91 Å². The third kappa shape index (κ3) is 9.67. The highest BCUT2D eigenvalue weighted by Gasteiger charge is 2.29. The van der Waals surface area contributed by atoms with Crippen molar-refractivity contribution in [2.75, 3.05) is 0 Å². The fraction of sp³-hybridized carbons (Fsp3) is 0.368. The van der Waals surface area contributed by atoms with Gasteiger partial charge in [-0.25, -0.2) is 14.8 Å². The molecule has 4 aromatic rings. The lowest BCUT2D eigenvalue weighted by Crippen LogP contribution is -2.44. The fourth-order valence-electron chi connectivity index (χ4n) is 5.15. The maximum absolute atomic E-state index is 13.5. The van der Waals surface area contributed by atoms with Crippen LogP contribution < -0.4 is 5.32 Å². The highest BCUT2D eigenvalue weighted by Crippen LogP contribution is 2.31. The van der Waals surface area contributed by atoms with Crippen molar-refractivity contribution in [2.24, 2.45) is 5.92 Å². The van der Waals surface area contributed by atoms with Gasteiger partial charge in [0.15, 0.2) is 11.6 Å². The normalized spacial score (nSPS) is 13.0. The van der Waals surface area contributed by atoms with Crippen molar-refractivity contribution in [3.05, 3.63) is 93.9 Å². The highest BCUT2D eigenvalue weighted by molar-refractivity contribution is 7.14. The molecule has 2 atom stereocenters. The molecule has 0 saturated heterocycles. The summed E-state index contributed by atoms with van der Waals surface area (Å²) >= 11 is 1.38. The van der Waals surface area contributed by atoms with Crippen molar-refractivity contribution >= 4 is 35.0 Å². The molecule has 4 rings (SSSR count). The quantitative estimate of drug-likeness (QED) is 0.125. The summed E-state index contributed by atoms with van der Waals surface area (Å²) in [4.78, 5) is 60.4. The van der Waals surface area contributed by atoms with Gasteiger partial charge in [0.1, 0.15) is 6.04 Å². The van der Waals surface area contributed by atoms with Crippen LogP contribution in [0.3, 0.4) is 0 Å². The summed E-state index contributed by atoms with van der Waals surface area (Å²) < 4.78 is 0. The number of rotatable bonds is 13. The zero-order valence-electron chi connectivity index (χ0n) is 28.2. The Labute approximate surface area is 285 Å². The SMILES string of the molecule is CC(C)(C)c1ccc(-c2cnc(-c3ccc(C[C@H](CC(=O)c4ccc(C(C)(C)C)s4)C(=O)N[C@@H](CCC(=O)O)C(=O)O)cc3)nc2)cc1. The Kier molecular flexibility index (Phi) is 11.3. The van der Waals surface area contributed by atoms with Gasteiger partial charge in [-0.2, -0.15) is 0 Å². The predicted molar refractivity (Wildman–Crippen MR) is 187 cm³/mol. The van der Waals surface area contributed by atoms with Gasteiger partial charge < -0.3 is 15.5 Å². The van der Waals surface area contributed by atoms with Gasteiger partial charge in [0.25, 0.3) is 0 Å². The Bertz CT molecular complexity index is 1750. The van der Waals surface area contributed by atoms with Crippen LogP contribution in [0.25, 0.3) is 22.5 Å². The van der Waals surface area contributed by atoms with Crippen LogP contribution in [0.15, 0.2) is 73.1 Å². The molecule has 1 amide bonds. The highest BCUT2D eigenvalue weighted by atomic mass is 32.1. The van der Waals surface area contributed by atoms with Gasteiger partial charge in [0, 0.05) is 47.2 Å². The molecule has 0 aliphatic rings. The number of carboxylic acids is 2. The third-order valence-corrected chi connectivity index (χ3v) is 9.67. The van der Waals surface area contributed by atoms with E-state index in [0.717, 1.165) is 27.1 Å². The smallest absolute Gasteiger partial charge is 0.326 e. The molecule has 2 heterocycles. The zero-order valence-corrected chi connectivity index (χ0v) is 29.1. The number of ketones is 1. The number of carbonyl (C=O) groups excluding carboxylic acids is 2. The molecule has 0 aliphatic heterocycles. The van der Waals surface area contributed by atoms with Crippen molar-refractivity contribution in [1.29, 1.82) is 0 Å². The maximum atomic E-state index is 13.5. The molecule has 0 unspecified atom stereocenters. The summed E-state index contributed by atoms with van der Waals surface area (Å²) in [6.45, 7) is 12.7. The third-order valence-electron chi connectivity index (χ3n) is 8.11. The van der Waals surface area contributed by atoms with E-state index in [4.69, 9.17) is 5.11 Å². The minimum absolute atomic E-state index is 0.0630. The van der Waals surface area contributed by atoms with Crippen LogP contribution in [0, 0.1) is 5.92 Å². The molecule has 3 N–H and O–H groups in total. The Morgan fingerprint density at radius 1 is 0.771 bits per heavy atom. The largest absolute Gasteiger partial charge is 0.481 e. The van der Waals surface area contributed by atoms with E-state index in [9.17, 15) is 24.3 Å². The van der Waals surface area contributed by atoms with Crippen LogP contribution in [-0.4, -0.2) is 49.9 Å². The summed E-state index contributed by atoms with van der Waals surface area (Å²) in [5.41, 5.74) is 4.64. The van der Waals surface area contributed by atoms with Crippen molar-refractivity contribution in [3.8, 4) is 22.5 Å². The van der Waals surface area contributed by atoms with Crippen molar-refractivity contribution in [3.63, 3.8) is 0 Å². The van der Waals surface area contributed by atoms with Crippen LogP contribution in [0.5, 0.6) is 0 Å². The minimum atomic E-state index is -1.39. The van der Waals surface area contributed by atoms with E-state index in [0.29, 0.717) is 10.7 Å². The predicted octanol–water partition coefficient (Wildman–Crippen LogP) is 7.33. The first-order valence-electron chi connectivity index (χ1n) is 15.9. The number of carbonyl (C=O) groups is 4. The van der Waals surface area contributed by atoms with Gasteiger partial charge in [-0.15, -0.1) is 11.3 Å². The molecule has 9 nitrogen and oxygen atoms in total. The van der Waals surface area contributed by atoms with E-state index in [-0.39, 0.29) is 35.9 Å². The number of aliphatic carboxylic acids is 2. The molecule has 0 fully saturated rings. The number of hydrogen-bond acceptors (Lipinski definition) is 7. The first-order chi connectivity index (χ1) is 22.5. The standard InChI is InChI=1S/C38H43N3O6S/c1-37(2,3)28-13-11-24(12-14-28)27-21-39-34(40-22-27)25-9-7-23(8-10-25)19-26(35(45)41-29(36(46)47)15-18-33(43)44)20-30(42)31-16-17-32(48-31)38(4,5)6/h7-14,16-17,21-22,26,29H,15,18-20H2,1-6H3,(H,41,45)(H,43,44)(H,46,47)/t26-,29+/m1/s1. The van der Waals surface area contributed by atoms with Gasteiger partial charge in [-0.1, -0.05) is 90.1 Å². The van der Waals surface area contributed by atoms with E-state index in [1.54, 1.807) is 18.5 Å². The molecule has 252 valence electrons. The molecule has 10 heteroatoms. The number of nitrogens with one attached hydrogen (secondary N) is 1. The summed E-state index contributed by atoms with van der Waals surface area (Å²) in [5.74, 6) is -3.67. The van der Waals surface area contributed by atoms with E-state index in [1.807, 2.05) is 30.3 Å². The number of aromatic nitrogens is 2.